The lowest BCUT2D eigenvalue weighted by Crippen LogP contribution is -2.29. The minimum absolute atomic E-state index is 0.520. The van der Waals surface area contributed by atoms with E-state index in [1.54, 1.807) is 7.11 Å². The summed E-state index contributed by atoms with van der Waals surface area (Å²) in [5.74, 6) is 1.12. The number of benzene rings is 1. The summed E-state index contributed by atoms with van der Waals surface area (Å²) in [5.41, 5.74) is 1.35. The molecule has 0 bridgehead atoms. The number of nitrogens with zero attached hydrogens (tertiary/aromatic N) is 1. The molecule has 0 unspecified atom stereocenters. The summed E-state index contributed by atoms with van der Waals surface area (Å²) in [5, 5.41) is 0. The Kier molecular flexibility index (Phi) is 5.32. The lowest BCUT2D eigenvalue weighted by molar-refractivity contribution is 0.0720. The molecule has 0 aliphatic carbocycles. The first-order chi connectivity index (χ1) is 7.51. The van der Waals surface area contributed by atoms with E-state index in [0.717, 1.165) is 12.4 Å². The maximum Gasteiger partial charge on any atom is 0.0995 e. The fourth-order valence-electron chi connectivity index (χ4n) is 1.70. The van der Waals surface area contributed by atoms with E-state index in [0.29, 0.717) is 6.73 Å². The summed E-state index contributed by atoms with van der Waals surface area (Å²) in [6.07, 6.45) is 7.00. The first kappa shape index (κ1) is 13.6. The van der Waals surface area contributed by atoms with Crippen LogP contribution in [0.5, 0.6) is 0 Å². The monoisotopic (exact) mass is 241 g/mol. The van der Waals surface area contributed by atoms with E-state index in [1.807, 2.05) is 0 Å². The van der Waals surface area contributed by atoms with Gasteiger partial charge < -0.3 is 4.74 Å². The Morgan fingerprint density at radius 1 is 1.12 bits per heavy atom. The maximum atomic E-state index is 5.26. The molecule has 0 aromatic heterocycles. The van der Waals surface area contributed by atoms with E-state index in [2.05, 4.69) is 54.0 Å². The zero-order valence-corrected chi connectivity index (χ0v) is 11.6. The Hall–Kier alpha value is -0.510. The van der Waals surface area contributed by atoms with Crippen LogP contribution in [0.25, 0.3) is 0 Å². The van der Waals surface area contributed by atoms with E-state index in [-0.39, 0.29) is 0 Å². The average Bonchev–Trinajstić information content (AvgIpc) is 2.17. The first-order valence-electron chi connectivity index (χ1n) is 5.42. The van der Waals surface area contributed by atoms with Crippen molar-refractivity contribution in [3.63, 3.8) is 0 Å². The minimum atomic E-state index is -0.520. The lowest BCUT2D eigenvalue weighted by Gasteiger charge is -2.33. The zero-order chi connectivity index (χ0) is 12.0. The second-order valence-electron chi connectivity index (χ2n) is 4.95. The van der Waals surface area contributed by atoms with Crippen LogP contribution in [0.15, 0.2) is 30.3 Å². The van der Waals surface area contributed by atoms with E-state index in [4.69, 9.17) is 4.74 Å². The smallest absolute Gasteiger partial charge is 0.0995 e. The molecule has 1 aromatic carbocycles. The van der Waals surface area contributed by atoms with Gasteiger partial charge in [0, 0.05) is 19.5 Å². The molecule has 0 amide bonds. The van der Waals surface area contributed by atoms with Gasteiger partial charge >= 0.3 is 0 Å². The van der Waals surface area contributed by atoms with Crippen LogP contribution in [0.2, 0.25) is 0 Å². The molecule has 0 atom stereocenters. The van der Waals surface area contributed by atoms with Gasteiger partial charge in [-0.2, -0.15) is 0 Å². The van der Waals surface area contributed by atoms with Crippen molar-refractivity contribution >= 4 is 10.0 Å². The van der Waals surface area contributed by atoms with Crippen LogP contribution in [0, 0.1) is 0 Å². The Bertz CT molecular complexity index is 295. The molecule has 3 heteroatoms. The standard InChI is InChI=1S/C13H23NOS/c1-15-11-14(12-16(2,3)4)10-13-8-6-5-7-9-13/h5-9H,10-12H2,1-4H3. The van der Waals surface area contributed by atoms with Crippen molar-refractivity contribution in [2.45, 2.75) is 6.54 Å². The van der Waals surface area contributed by atoms with Crippen molar-refractivity contribution in [1.82, 2.24) is 4.90 Å². The lowest BCUT2D eigenvalue weighted by atomic mass is 10.2. The van der Waals surface area contributed by atoms with Crippen molar-refractivity contribution in [1.29, 1.82) is 0 Å². The molecule has 0 heterocycles. The fraction of sp³-hybridized carbons (Fsp3) is 0.538. The third-order valence-electron chi connectivity index (χ3n) is 2.13. The molecule has 0 saturated carbocycles. The number of rotatable bonds is 6. The molecule has 1 aromatic rings. The largest absolute Gasteiger partial charge is 0.369 e. The van der Waals surface area contributed by atoms with Crippen LogP contribution in [0.4, 0.5) is 0 Å². The molecule has 16 heavy (non-hydrogen) atoms. The summed E-state index contributed by atoms with van der Waals surface area (Å²) in [6, 6.07) is 10.6. The molecule has 0 N–H and O–H groups in total. The molecule has 0 aliphatic rings. The molecule has 2 nitrogen and oxygen atoms in total. The van der Waals surface area contributed by atoms with Crippen LogP contribution in [-0.4, -0.2) is 43.4 Å². The second-order valence-corrected chi connectivity index (χ2v) is 9.39. The average molecular weight is 241 g/mol. The number of hydrogen-bond acceptors (Lipinski definition) is 2. The predicted octanol–water partition coefficient (Wildman–Crippen LogP) is 2.74. The number of methoxy groups -OCH3 is 1. The van der Waals surface area contributed by atoms with Crippen LogP contribution >= 0.6 is 10.0 Å². The van der Waals surface area contributed by atoms with Gasteiger partial charge in [0.1, 0.15) is 0 Å². The van der Waals surface area contributed by atoms with Crippen molar-refractivity contribution in [2.24, 2.45) is 0 Å². The third kappa shape index (κ3) is 5.54. The maximum absolute atomic E-state index is 5.26. The molecule has 1 rings (SSSR count). The van der Waals surface area contributed by atoms with Gasteiger partial charge in [-0.1, -0.05) is 30.3 Å². The highest BCUT2D eigenvalue weighted by Gasteiger charge is 2.12. The Labute approximate surface area is 101 Å². The van der Waals surface area contributed by atoms with Crippen LogP contribution < -0.4 is 0 Å². The van der Waals surface area contributed by atoms with Gasteiger partial charge in [-0.05, 0) is 24.3 Å². The van der Waals surface area contributed by atoms with Crippen molar-refractivity contribution in [3.8, 4) is 0 Å². The van der Waals surface area contributed by atoms with Crippen LogP contribution in [0.3, 0.4) is 0 Å². The molecule has 92 valence electrons. The SMILES string of the molecule is COCN(Cc1ccccc1)CS(C)(C)C. The van der Waals surface area contributed by atoms with Crippen molar-refractivity contribution < 1.29 is 4.74 Å². The Morgan fingerprint density at radius 3 is 2.25 bits per heavy atom. The normalized spacial score (nSPS) is 13.1. The number of hydrogen-bond donors (Lipinski definition) is 0. The zero-order valence-electron chi connectivity index (χ0n) is 10.8. The topological polar surface area (TPSA) is 12.5 Å². The first-order valence-corrected chi connectivity index (χ1v) is 8.45. The Balaban J connectivity index is 2.58. The predicted molar refractivity (Wildman–Crippen MR) is 74.1 cm³/mol. The van der Waals surface area contributed by atoms with Gasteiger partial charge in [0.25, 0.3) is 0 Å². The fourth-order valence-corrected chi connectivity index (χ4v) is 2.96. The molecule has 0 radical (unpaired) electrons. The summed E-state index contributed by atoms with van der Waals surface area (Å²) >= 11 is 0. The molecule has 0 spiro atoms. The van der Waals surface area contributed by atoms with Gasteiger partial charge in [0.15, 0.2) is 0 Å². The Morgan fingerprint density at radius 2 is 1.75 bits per heavy atom. The van der Waals surface area contributed by atoms with Gasteiger partial charge in [-0.3, -0.25) is 4.90 Å². The quantitative estimate of drug-likeness (QED) is 0.710. The van der Waals surface area contributed by atoms with Gasteiger partial charge in [0.05, 0.1) is 6.73 Å². The summed E-state index contributed by atoms with van der Waals surface area (Å²) in [7, 11) is 1.24. The molecule has 0 fully saturated rings. The van der Waals surface area contributed by atoms with E-state index in [9.17, 15) is 0 Å². The summed E-state index contributed by atoms with van der Waals surface area (Å²) < 4.78 is 5.26. The second kappa shape index (κ2) is 6.28. The van der Waals surface area contributed by atoms with Crippen LogP contribution in [-0.2, 0) is 11.3 Å². The molecular weight excluding hydrogens is 218 g/mol. The van der Waals surface area contributed by atoms with E-state index in [1.165, 1.54) is 5.56 Å². The van der Waals surface area contributed by atoms with E-state index < -0.39 is 10.0 Å². The molecular formula is C13H23NOS. The number of ether oxygens (including phenoxy) is 1. The highest BCUT2D eigenvalue weighted by molar-refractivity contribution is 8.32. The summed E-state index contributed by atoms with van der Waals surface area (Å²) in [4.78, 5) is 2.37. The van der Waals surface area contributed by atoms with Gasteiger partial charge in [-0.25, -0.2) is 10.0 Å². The molecule has 0 saturated heterocycles. The highest BCUT2D eigenvalue weighted by Crippen LogP contribution is 2.35. The van der Waals surface area contributed by atoms with Crippen LogP contribution in [0.1, 0.15) is 5.56 Å². The van der Waals surface area contributed by atoms with E-state index >= 15 is 0 Å². The highest BCUT2D eigenvalue weighted by atomic mass is 32.3. The van der Waals surface area contributed by atoms with Gasteiger partial charge in [0.2, 0.25) is 0 Å². The molecule has 0 aliphatic heterocycles. The van der Waals surface area contributed by atoms with Crippen molar-refractivity contribution in [3.05, 3.63) is 35.9 Å². The third-order valence-corrected chi connectivity index (χ3v) is 3.27. The minimum Gasteiger partial charge on any atom is -0.369 e. The van der Waals surface area contributed by atoms with Gasteiger partial charge in [-0.15, -0.1) is 0 Å². The van der Waals surface area contributed by atoms with Crippen molar-refractivity contribution in [2.75, 3.05) is 38.5 Å². The summed E-state index contributed by atoms with van der Waals surface area (Å²) in [6.45, 7) is 1.68.